The zero-order valence-corrected chi connectivity index (χ0v) is 19.6. The lowest BCUT2D eigenvalue weighted by Crippen LogP contribution is -2.44. The van der Waals surface area contributed by atoms with Crippen LogP contribution in [0.25, 0.3) is 22.1 Å². The average molecular weight is 463 g/mol. The van der Waals surface area contributed by atoms with Crippen LogP contribution in [0, 0.1) is 12.8 Å². The first kappa shape index (κ1) is 22.8. The Kier molecular flexibility index (Phi) is 6.40. The van der Waals surface area contributed by atoms with Crippen molar-refractivity contribution in [3.63, 3.8) is 0 Å². The Labute approximate surface area is 193 Å². The van der Waals surface area contributed by atoms with Crippen LogP contribution < -0.4 is 10.0 Å². The quantitative estimate of drug-likeness (QED) is 0.396. The number of sulfonamides is 1. The molecule has 3 aromatic carbocycles. The molecule has 0 saturated carbocycles. The lowest BCUT2D eigenvalue weighted by atomic mass is 10.0. The number of amides is 1. The van der Waals surface area contributed by atoms with Crippen LogP contribution in [-0.4, -0.2) is 30.3 Å². The van der Waals surface area contributed by atoms with E-state index in [9.17, 15) is 13.2 Å². The Bertz CT molecular complexity index is 1420. The van der Waals surface area contributed by atoms with Gasteiger partial charge in [0.05, 0.1) is 27.0 Å². The SMILES string of the molecule is Cc1ccc(S(=O)(=O)N[C@@H](CC(C)C)C(=O)Nc2ccc3nc4ccccc4nc3c2)cc1. The van der Waals surface area contributed by atoms with Crippen LogP contribution in [0.3, 0.4) is 0 Å². The van der Waals surface area contributed by atoms with Gasteiger partial charge in [-0.1, -0.05) is 43.7 Å². The molecule has 0 saturated heterocycles. The number of nitrogens with zero attached hydrogens (tertiary/aromatic N) is 2. The largest absolute Gasteiger partial charge is 0.325 e. The number of nitrogens with one attached hydrogen (secondary N) is 2. The van der Waals surface area contributed by atoms with E-state index < -0.39 is 22.0 Å². The third-order valence-corrected chi connectivity index (χ3v) is 6.75. The van der Waals surface area contributed by atoms with Crippen molar-refractivity contribution in [2.75, 3.05) is 5.32 Å². The van der Waals surface area contributed by atoms with Gasteiger partial charge in [0.1, 0.15) is 6.04 Å². The molecule has 0 aliphatic rings. The van der Waals surface area contributed by atoms with Gasteiger partial charge >= 0.3 is 0 Å². The van der Waals surface area contributed by atoms with Crippen LogP contribution in [0.5, 0.6) is 0 Å². The molecule has 0 spiro atoms. The van der Waals surface area contributed by atoms with Crippen LogP contribution >= 0.6 is 0 Å². The molecular weight excluding hydrogens is 436 g/mol. The summed E-state index contributed by atoms with van der Waals surface area (Å²) >= 11 is 0. The van der Waals surface area contributed by atoms with E-state index in [4.69, 9.17) is 0 Å². The van der Waals surface area contributed by atoms with Gasteiger partial charge in [0.15, 0.2) is 0 Å². The standard InChI is InChI=1S/C25H26N4O3S/c1-16(2)14-24(29-33(31,32)19-11-8-17(3)9-12-19)25(30)26-18-10-13-22-23(15-18)28-21-7-5-4-6-20(21)27-22/h4-13,15-16,24,29H,14H2,1-3H3,(H,26,30)/t24-/m0/s1. The molecule has 1 heterocycles. The molecule has 0 aliphatic heterocycles. The van der Waals surface area contributed by atoms with E-state index >= 15 is 0 Å². The molecule has 8 heteroatoms. The summed E-state index contributed by atoms with van der Waals surface area (Å²) in [5.74, 6) is -0.317. The van der Waals surface area contributed by atoms with Crippen molar-refractivity contribution in [2.24, 2.45) is 5.92 Å². The number of hydrogen-bond donors (Lipinski definition) is 2. The second-order valence-electron chi connectivity index (χ2n) is 8.52. The summed E-state index contributed by atoms with van der Waals surface area (Å²) in [4.78, 5) is 22.4. The lowest BCUT2D eigenvalue weighted by molar-refractivity contribution is -0.118. The number of carbonyl (C=O) groups excluding carboxylic acids is 1. The van der Waals surface area contributed by atoms with Crippen LogP contribution in [-0.2, 0) is 14.8 Å². The predicted molar refractivity (Wildman–Crippen MR) is 130 cm³/mol. The highest BCUT2D eigenvalue weighted by atomic mass is 32.2. The molecule has 4 rings (SSSR count). The number of benzene rings is 3. The Balaban J connectivity index is 1.58. The summed E-state index contributed by atoms with van der Waals surface area (Å²) < 4.78 is 28.3. The number of para-hydroxylation sites is 2. The summed E-state index contributed by atoms with van der Waals surface area (Å²) in [6.07, 6.45) is 0.356. The van der Waals surface area contributed by atoms with Crippen LogP contribution in [0.15, 0.2) is 71.6 Å². The van der Waals surface area contributed by atoms with Gasteiger partial charge in [-0.25, -0.2) is 18.4 Å². The van der Waals surface area contributed by atoms with Crippen molar-refractivity contribution in [1.29, 1.82) is 0 Å². The van der Waals surface area contributed by atoms with Gasteiger partial charge < -0.3 is 5.32 Å². The van der Waals surface area contributed by atoms with Gasteiger partial charge in [-0.3, -0.25) is 4.79 Å². The van der Waals surface area contributed by atoms with E-state index in [-0.39, 0.29) is 10.8 Å². The number of carbonyl (C=O) groups is 1. The summed E-state index contributed by atoms with van der Waals surface area (Å²) in [5, 5.41) is 2.84. The van der Waals surface area contributed by atoms with E-state index in [1.807, 2.05) is 45.0 Å². The van der Waals surface area contributed by atoms with Crippen molar-refractivity contribution >= 4 is 43.7 Å². The van der Waals surface area contributed by atoms with Gasteiger partial charge in [0.2, 0.25) is 15.9 Å². The third-order valence-electron chi connectivity index (χ3n) is 5.26. The van der Waals surface area contributed by atoms with Crippen molar-refractivity contribution in [2.45, 2.75) is 38.1 Å². The number of aryl methyl sites for hydroxylation is 1. The van der Waals surface area contributed by atoms with E-state index in [0.29, 0.717) is 23.1 Å². The summed E-state index contributed by atoms with van der Waals surface area (Å²) in [6.45, 7) is 5.77. The third kappa shape index (κ3) is 5.35. The molecule has 0 bridgehead atoms. The monoisotopic (exact) mass is 462 g/mol. The summed E-state index contributed by atoms with van der Waals surface area (Å²) in [6, 6.07) is 18.5. The fraction of sp³-hybridized carbons (Fsp3) is 0.240. The maximum Gasteiger partial charge on any atom is 0.242 e. The van der Waals surface area contributed by atoms with Crippen LogP contribution in [0.4, 0.5) is 5.69 Å². The minimum atomic E-state index is -3.85. The summed E-state index contributed by atoms with van der Waals surface area (Å²) in [7, 11) is -3.85. The first-order valence-electron chi connectivity index (χ1n) is 10.8. The Hall–Kier alpha value is -3.36. The molecule has 4 aromatic rings. The first-order chi connectivity index (χ1) is 15.7. The highest BCUT2D eigenvalue weighted by Gasteiger charge is 2.26. The average Bonchev–Trinajstić information content (AvgIpc) is 2.77. The molecule has 0 radical (unpaired) electrons. The molecule has 0 aliphatic carbocycles. The van der Waals surface area contributed by atoms with E-state index in [2.05, 4.69) is 20.0 Å². The number of anilines is 1. The molecule has 1 atom stereocenters. The highest BCUT2D eigenvalue weighted by molar-refractivity contribution is 7.89. The summed E-state index contributed by atoms with van der Waals surface area (Å²) in [5.41, 5.74) is 4.40. The molecule has 7 nitrogen and oxygen atoms in total. The Morgan fingerprint density at radius 2 is 1.48 bits per heavy atom. The van der Waals surface area contributed by atoms with E-state index in [1.165, 1.54) is 12.1 Å². The van der Waals surface area contributed by atoms with Crippen LogP contribution in [0.2, 0.25) is 0 Å². The zero-order chi connectivity index (χ0) is 23.6. The zero-order valence-electron chi connectivity index (χ0n) is 18.7. The van der Waals surface area contributed by atoms with Crippen molar-refractivity contribution < 1.29 is 13.2 Å². The second-order valence-corrected chi connectivity index (χ2v) is 10.2. The van der Waals surface area contributed by atoms with Gasteiger partial charge in [0.25, 0.3) is 0 Å². The van der Waals surface area contributed by atoms with Crippen LogP contribution in [0.1, 0.15) is 25.8 Å². The van der Waals surface area contributed by atoms with Gasteiger partial charge in [-0.15, -0.1) is 0 Å². The van der Waals surface area contributed by atoms with E-state index in [1.54, 1.807) is 30.3 Å². The predicted octanol–water partition coefficient (Wildman–Crippen LogP) is 4.42. The number of fused-ring (bicyclic) bond motifs is 2. The molecule has 170 valence electrons. The minimum absolute atomic E-state index is 0.107. The molecule has 0 fully saturated rings. The van der Waals surface area contributed by atoms with E-state index in [0.717, 1.165) is 16.6 Å². The fourth-order valence-corrected chi connectivity index (χ4v) is 4.79. The van der Waals surface area contributed by atoms with Gasteiger partial charge in [-0.2, -0.15) is 4.72 Å². The first-order valence-corrected chi connectivity index (χ1v) is 12.3. The maximum absolute atomic E-state index is 13.1. The smallest absolute Gasteiger partial charge is 0.242 e. The number of hydrogen-bond acceptors (Lipinski definition) is 5. The van der Waals surface area contributed by atoms with Crippen molar-refractivity contribution in [3.05, 3.63) is 72.3 Å². The molecular formula is C25H26N4O3S. The minimum Gasteiger partial charge on any atom is -0.325 e. The lowest BCUT2D eigenvalue weighted by Gasteiger charge is -2.20. The molecule has 33 heavy (non-hydrogen) atoms. The fourth-order valence-electron chi connectivity index (χ4n) is 3.58. The Morgan fingerprint density at radius 1 is 0.879 bits per heavy atom. The maximum atomic E-state index is 13.1. The Morgan fingerprint density at radius 3 is 2.12 bits per heavy atom. The van der Waals surface area contributed by atoms with Gasteiger partial charge in [0, 0.05) is 5.69 Å². The molecule has 0 unspecified atom stereocenters. The number of rotatable bonds is 7. The van der Waals surface area contributed by atoms with Gasteiger partial charge in [-0.05, 0) is 61.7 Å². The van der Waals surface area contributed by atoms with Crippen molar-refractivity contribution in [1.82, 2.24) is 14.7 Å². The molecule has 2 N–H and O–H groups in total. The second kappa shape index (κ2) is 9.25. The van der Waals surface area contributed by atoms with Crippen molar-refractivity contribution in [3.8, 4) is 0 Å². The normalized spacial score (nSPS) is 12.8. The molecule has 1 amide bonds. The number of aromatic nitrogens is 2. The topological polar surface area (TPSA) is 101 Å². The molecule has 1 aromatic heterocycles. The highest BCUT2D eigenvalue weighted by Crippen LogP contribution is 2.21.